The lowest BCUT2D eigenvalue weighted by molar-refractivity contribution is 0.828. The number of thiophene rings is 1. The lowest BCUT2D eigenvalue weighted by atomic mass is 9.89. The number of hydrogen-bond donors (Lipinski definition) is 0. The van der Waals surface area contributed by atoms with Crippen LogP contribution in [0.1, 0.15) is 6.92 Å². The van der Waals surface area contributed by atoms with E-state index in [9.17, 15) is 0 Å². The van der Waals surface area contributed by atoms with Gasteiger partial charge >= 0.3 is 0 Å². The van der Waals surface area contributed by atoms with E-state index in [0.717, 1.165) is 6.54 Å². The van der Waals surface area contributed by atoms with Crippen molar-refractivity contribution in [3.8, 4) is 10.4 Å². The Morgan fingerprint density at radius 1 is 0.667 bits per heavy atom. The van der Waals surface area contributed by atoms with Crippen LogP contribution in [0.25, 0.3) is 64.6 Å². The second kappa shape index (κ2) is 5.84. The summed E-state index contributed by atoms with van der Waals surface area (Å²) in [6, 6.07) is 29.3. The van der Waals surface area contributed by atoms with E-state index in [2.05, 4.69) is 95.7 Å². The van der Waals surface area contributed by atoms with E-state index in [-0.39, 0.29) is 0 Å². The smallest absolute Gasteiger partial charge is 0.0591 e. The van der Waals surface area contributed by atoms with Crippen molar-refractivity contribution in [1.29, 1.82) is 0 Å². The van der Waals surface area contributed by atoms with Crippen molar-refractivity contribution in [2.24, 2.45) is 0 Å². The summed E-state index contributed by atoms with van der Waals surface area (Å²) >= 11 is 1.84. The second-order valence-corrected chi connectivity index (χ2v) is 8.97. The summed E-state index contributed by atoms with van der Waals surface area (Å²) in [7, 11) is 0. The third kappa shape index (κ3) is 1.92. The molecule has 0 radical (unpaired) electrons. The molecule has 7 rings (SSSR count). The minimum absolute atomic E-state index is 0.954. The molecular formula is C28H19NS. The highest BCUT2D eigenvalue weighted by Crippen LogP contribution is 2.48. The first-order valence-electron chi connectivity index (χ1n) is 10.5. The summed E-state index contributed by atoms with van der Waals surface area (Å²) in [4.78, 5) is 1.34. The molecule has 0 unspecified atom stereocenters. The predicted octanol–water partition coefficient (Wildman–Crippen LogP) is 8.44. The average Bonchev–Trinajstić information content (AvgIpc) is 3.43. The largest absolute Gasteiger partial charge is 0.340 e. The summed E-state index contributed by atoms with van der Waals surface area (Å²) < 4.78 is 2.51. The van der Waals surface area contributed by atoms with Crippen LogP contribution >= 0.6 is 11.3 Å². The quantitative estimate of drug-likeness (QED) is 0.256. The van der Waals surface area contributed by atoms with Crippen molar-refractivity contribution in [2.75, 3.05) is 0 Å². The SMILES string of the molecule is CCn1c2ccccc2c2c3ccc4cccc5ccc(c(-c6cccs6)c21)c3c54. The summed E-state index contributed by atoms with van der Waals surface area (Å²) in [6.07, 6.45) is 0. The van der Waals surface area contributed by atoms with Crippen molar-refractivity contribution in [3.63, 3.8) is 0 Å². The fourth-order valence-corrected chi connectivity index (χ4v) is 6.25. The lowest BCUT2D eigenvalue weighted by Crippen LogP contribution is -1.96. The second-order valence-electron chi connectivity index (χ2n) is 8.02. The Labute approximate surface area is 178 Å². The van der Waals surface area contributed by atoms with Gasteiger partial charge in [-0.15, -0.1) is 11.3 Å². The van der Waals surface area contributed by atoms with Crippen molar-refractivity contribution in [1.82, 2.24) is 4.57 Å². The highest BCUT2D eigenvalue weighted by molar-refractivity contribution is 7.13. The molecule has 2 heteroatoms. The van der Waals surface area contributed by atoms with Gasteiger partial charge in [-0.25, -0.2) is 0 Å². The fraction of sp³-hybridized carbons (Fsp3) is 0.0714. The van der Waals surface area contributed by atoms with E-state index in [4.69, 9.17) is 0 Å². The first-order valence-corrected chi connectivity index (χ1v) is 11.4. The molecule has 0 N–H and O–H groups in total. The van der Waals surface area contributed by atoms with Crippen molar-refractivity contribution in [3.05, 3.63) is 84.2 Å². The number of aryl methyl sites for hydroxylation is 1. The molecule has 5 aromatic carbocycles. The van der Waals surface area contributed by atoms with Gasteiger partial charge in [-0.05, 0) is 56.8 Å². The number of para-hydroxylation sites is 1. The number of rotatable bonds is 2. The number of aromatic nitrogens is 1. The molecule has 0 spiro atoms. The Morgan fingerprint density at radius 3 is 2.23 bits per heavy atom. The van der Waals surface area contributed by atoms with Gasteiger partial charge in [-0.3, -0.25) is 0 Å². The van der Waals surface area contributed by atoms with Crippen LogP contribution in [0.3, 0.4) is 0 Å². The monoisotopic (exact) mass is 401 g/mol. The Bertz CT molecular complexity index is 1700. The molecule has 1 nitrogen and oxygen atoms in total. The van der Waals surface area contributed by atoms with Crippen LogP contribution in [0.2, 0.25) is 0 Å². The fourth-order valence-electron chi connectivity index (χ4n) is 5.46. The van der Waals surface area contributed by atoms with Crippen LogP contribution in [-0.2, 0) is 6.54 Å². The van der Waals surface area contributed by atoms with Gasteiger partial charge in [0.2, 0.25) is 0 Å². The molecule has 0 atom stereocenters. The molecule has 0 saturated heterocycles. The zero-order valence-corrected chi connectivity index (χ0v) is 17.5. The zero-order chi connectivity index (χ0) is 19.8. The number of hydrogen-bond acceptors (Lipinski definition) is 1. The Hall–Kier alpha value is -3.36. The first-order chi connectivity index (χ1) is 14.9. The van der Waals surface area contributed by atoms with Crippen molar-refractivity contribution >= 4 is 65.5 Å². The Morgan fingerprint density at radius 2 is 1.47 bits per heavy atom. The molecule has 0 bridgehead atoms. The van der Waals surface area contributed by atoms with Crippen LogP contribution < -0.4 is 0 Å². The van der Waals surface area contributed by atoms with Gasteiger partial charge in [0.05, 0.1) is 5.52 Å². The van der Waals surface area contributed by atoms with Gasteiger partial charge in [0.25, 0.3) is 0 Å². The molecule has 142 valence electrons. The standard InChI is InChI=1S/C28H19NS/c1-2-29-22-10-4-3-9-19(22)26-20-14-12-17-7-5-8-18-13-15-21(25(20)24(17)18)27(28(26)29)23-11-6-16-30-23/h3-16H,2H2,1H3. The Kier molecular flexibility index (Phi) is 3.20. The van der Waals surface area contributed by atoms with E-state index >= 15 is 0 Å². The molecule has 0 aliphatic rings. The normalized spacial score (nSPS) is 12.3. The lowest BCUT2D eigenvalue weighted by Gasteiger charge is -2.17. The first kappa shape index (κ1) is 16.4. The van der Waals surface area contributed by atoms with E-state index in [1.165, 1.54) is 64.6 Å². The van der Waals surface area contributed by atoms with Gasteiger partial charge in [-0.2, -0.15) is 0 Å². The van der Waals surface area contributed by atoms with Gasteiger partial charge in [0.1, 0.15) is 0 Å². The molecule has 0 saturated carbocycles. The van der Waals surface area contributed by atoms with Crippen LogP contribution in [0.5, 0.6) is 0 Å². The van der Waals surface area contributed by atoms with Gasteiger partial charge < -0.3 is 4.57 Å². The molecule has 0 aliphatic heterocycles. The molecular weight excluding hydrogens is 382 g/mol. The van der Waals surface area contributed by atoms with Gasteiger partial charge in [-0.1, -0.05) is 66.7 Å². The molecule has 0 aliphatic carbocycles. The maximum Gasteiger partial charge on any atom is 0.0591 e. The van der Waals surface area contributed by atoms with Gasteiger partial charge in [0, 0.05) is 33.3 Å². The van der Waals surface area contributed by atoms with Crippen LogP contribution in [0, 0.1) is 0 Å². The third-order valence-corrected chi connectivity index (χ3v) is 7.49. The molecule has 30 heavy (non-hydrogen) atoms. The van der Waals surface area contributed by atoms with Crippen LogP contribution in [0.4, 0.5) is 0 Å². The van der Waals surface area contributed by atoms with E-state index < -0.39 is 0 Å². The molecule has 2 aromatic heterocycles. The van der Waals surface area contributed by atoms with E-state index in [1.54, 1.807) is 0 Å². The molecule has 2 heterocycles. The summed E-state index contributed by atoms with van der Waals surface area (Å²) in [5.41, 5.74) is 4.07. The maximum atomic E-state index is 2.51. The molecule has 0 fully saturated rings. The van der Waals surface area contributed by atoms with Crippen LogP contribution in [0.15, 0.2) is 84.2 Å². The van der Waals surface area contributed by atoms with Crippen molar-refractivity contribution in [2.45, 2.75) is 13.5 Å². The highest BCUT2D eigenvalue weighted by atomic mass is 32.1. The molecule has 7 aromatic rings. The van der Waals surface area contributed by atoms with Crippen LogP contribution in [-0.4, -0.2) is 4.57 Å². The summed E-state index contributed by atoms with van der Waals surface area (Å²) in [5, 5.41) is 13.1. The summed E-state index contributed by atoms with van der Waals surface area (Å²) in [6.45, 7) is 3.21. The van der Waals surface area contributed by atoms with E-state index in [1.807, 2.05) is 11.3 Å². The average molecular weight is 402 g/mol. The topological polar surface area (TPSA) is 4.93 Å². The van der Waals surface area contributed by atoms with Crippen molar-refractivity contribution < 1.29 is 0 Å². The zero-order valence-electron chi connectivity index (χ0n) is 16.6. The highest BCUT2D eigenvalue weighted by Gasteiger charge is 2.22. The number of fused-ring (bicyclic) bond motifs is 4. The minimum Gasteiger partial charge on any atom is -0.340 e. The summed E-state index contributed by atoms with van der Waals surface area (Å²) in [5.74, 6) is 0. The molecule has 0 amide bonds. The minimum atomic E-state index is 0.954. The third-order valence-electron chi connectivity index (χ3n) is 6.61. The van der Waals surface area contributed by atoms with E-state index in [0.29, 0.717) is 0 Å². The maximum absolute atomic E-state index is 2.51. The number of nitrogens with zero attached hydrogens (tertiary/aromatic N) is 1. The Balaban J connectivity index is 1.91. The number of benzene rings is 5. The van der Waals surface area contributed by atoms with Gasteiger partial charge in [0.15, 0.2) is 0 Å². The predicted molar refractivity (Wildman–Crippen MR) is 132 cm³/mol.